The molecule has 0 aliphatic rings. The molecule has 6 heteroatoms. The van der Waals surface area contributed by atoms with E-state index in [0.29, 0.717) is 0 Å². The second-order valence-corrected chi connectivity index (χ2v) is 11.1. The van der Waals surface area contributed by atoms with Gasteiger partial charge >= 0.3 is 0 Å². The van der Waals surface area contributed by atoms with Crippen LogP contribution in [0.25, 0.3) is 51.5 Å². The molecule has 0 fully saturated rings. The van der Waals surface area contributed by atoms with Crippen molar-refractivity contribution >= 4 is 45.3 Å². The molecule has 0 saturated heterocycles. The quantitative estimate of drug-likeness (QED) is 0.244. The first-order chi connectivity index (χ1) is 15.9. The van der Waals surface area contributed by atoms with Gasteiger partial charge in [-0.3, -0.25) is 9.97 Å². The SMILES string of the molecule is c1cc(-c2ccsc2-c2ccc(-c3ccc(-c4sccc4-c4ccncc4)s3)s2)ccn1. The first-order valence-electron chi connectivity index (χ1n) is 10.0. The van der Waals surface area contributed by atoms with Gasteiger partial charge in [0.2, 0.25) is 0 Å². The van der Waals surface area contributed by atoms with E-state index in [9.17, 15) is 0 Å². The van der Waals surface area contributed by atoms with Crippen molar-refractivity contribution in [3.63, 3.8) is 0 Å². The second-order valence-electron chi connectivity index (χ2n) is 7.13. The molecule has 0 aliphatic heterocycles. The second kappa shape index (κ2) is 8.56. The maximum absolute atomic E-state index is 4.16. The molecule has 154 valence electrons. The van der Waals surface area contributed by atoms with Crippen LogP contribution < -0.4 is 0 Å². The molecule has 0 spiro atoms. The van der Waals surface area contributed by atoms with Crippen molar-refractivity contribution in [1.29, 1.82) is 0 Å². The van der Waals surface area contributed by atoms with E-state index in [-0.39, 0.29) is 0 Å². The van der Waals surface area contributed by atoms with E-state index in [0.717, 1.165) is 0 Å². The van der Waals surface area contributed by atoms with E-state index in [4.69, 9.17) is 0 Å². The number of aromatic nitrogens is 2. The van der Waals surface area contributed by atoms with E-state index in [2.05, 4.69) is 81.4 Å². The molecule has 0 aromatic carbocycles. The molecular formula is C26H16N2S4. The molecule has 32 heavy (non-hydrogen) atoms. The summed E-state index contributed by atoms with van der Waals surface area (Å²) in [5, 5.41) is 4.34. The number of hydrogen-bond acceptors (Lipinski definition) is 6. The fourth-order valence-electron chi connectivity index (χ4n) is 3.70. The summed E-state index contributed by atoms with van der Waals surface area (Å²) in [7, 11) is 0. The van der Waals surface area contributed by atoms with Gasteiger partial charge in [-0.05, 0) is 82.6 Å². The molecule has 6 aromatic rings. The lowest BCUT2D eigenvalue weighted by atomic mass is 10.1. The summed E-state index contributed by atoms with van der Waals surface area (Å²) in [6.45, 7) is 0. The lowest BCUT2D eigenvalue weighted by molar-refractivity contribution is 1.33. The number of pyridine rings is 2. The Morgan fingerprint density at radius 1 is 0.438 bits per heavy atom. The summed E-state index contributed by atoms with van der Waals surface area (Å²) in [6.07, 6.45) is 7.42. The van der Waals surface area contributed by atoms with Crippen LogP contribution in [0.15, 0.2) is 96.2 Å². The largest absolute Gasteiger partial charge is 0.265 e. The van der Waals surface area contributed by atoms with Crippen LogP contribution in [0.1, 0.15) is 0 Å². The van der Waals surface area contributed by atoms with Gasteiger partial charge in [0.1, 0.15) is 0 Å². The van der Waals surface area contributed by atoms with Gasteiger partial charge in [0.25, 0.3) is 0 Å². The van der Waals surface area contributed by atoms with E-state index in [1.165, 1.54) is 51.5 Å². The summed E-state index contributed by atoms with van der Waals surface area (Å²) in [5.74, 6) is 0. The lowest BCUT2D eigenvalue weighted by Crippen LogP contribution is -1.77. The number of nitrogens with zero attached hydrogens (tertiary/aromatic N) is 2. The van der Waals surface area contributed by atoms with Crippen LogP contribution in [0.2, 0.25) is 0 Å². The smallest absolute Gasteiger partial charge is 0.0521 e. The summed E-state index contributed by atoms with van der Waals surface area (Å²) in [4.78, 5) is 16.2. The third kappa shape index (κ3) is 3.65. The summed E-state index contributed by atoms with van der Waals surface area (Å²) < 4.78 is 0. The Hall–Kier alpha value is -2.90. The number of rotatable bonds is 5. The first kappa shape index (κ1) is 19.8. The minimum absolute atomic E-state index is 1.21. The van der Waals surface area contributed by atoms with Crippen molar-refractivity contribution in [1.82, 2.24) is 9.97 Å². The molecule has 0 saturated carbocycles. The van der Waals surface area contributed by atoms with Crippen LogP contribution in [0, 0.1) is 0 Å². The Morgan fingerprint density at radius 2 is 0.844 bits per heavy atom. The minimum atomic E-state index is 1.21. The molecule has 0 N–H and O–H groups in total. The zero-order valence-electron chi connectivity index (χ0n) is 16.8. The van der Waals surface area contributed by atoms with E-state index in [1.807, 2.05) is 47.5 Å². The van der Waals surface area contributed by atoms with Gasteiger partial charge in [0.15, 0.2) is 0 Å². The standard InChI is InChI=1S/C26H16N2S4/c1-3-23(25-19(9-15-29-25)17-5-11-27-12-6-17)31-21(1)22-2-4-24(32-22)26-20(10-16-30-26)18-7-13-28-14-8-18/h1-16H. The highest BCUT2D eigenvalue weighted by Crippen LogP contribution is 2.46. The highest BCUT2D eigenvalue weighted by molar-refractivity contribution is 7.28. The molecule has 6 rings (SSSR count). The summed E-state index contributed by atoms with van der Waals surface area (Å²) in [6, 6.07) is 21.7. The third-order valence-corrected chi connectivity index (χ3v) is 9.77. The maximum atomic E-state index is 4.16. The average Bonchev–Trinajstić information content (AvgIpc) is 3.64. The Kier molecular flexibility index (Phi) is 5.29. The molecule has 6 heterocycles. The van der Waals surface area contributed by atoms with Crippen LogP contribution >= 0.6 is 45.3 Å². The average molecular weight is 485 g/mol. The number of thiophene rings is 4. The molecule has 0 bridgehead atoms. The van der Waals surface area contributed by atoms with Crippen molar-refractivity contribution < 1.29 is 0 Å². The van der Waals surface area contributed by atoms with Gasteiger partial charge in [0.05, 0.1) is 9.75 Å². The van der Waals surface area contributed by atoms with Gasteiger partial charge in [-0.25, -0.2) is 0 Å². The Bertz CT molecular complexity index is 1360. The van der Waals surface area contributed by atoms with Gasteiger partial charge in [-0.1, -0.05) is 0 Å². The van der Waals surface area contributed by atoms with Crippen LogP contribution in [-0.2, 0) is 0 Å². The predicted molar refractivity (Wildman–Crippen MR) is 141 cm³/mol. The zero-order valence-corrected chi connectivity index (χ0v) is 20.0. The molecule has 0 radical (unpaired) electrons. The highest BCUT2D eigenvalue weighted by atomic mass is 32.1. The van der Waals surface area contributed by atoms with Gasteiger partial charge in [-0.2, -0.15) is 0 Å². The fraction of sp³-hybridized carbons (Fsp3) is 0. The van der Waals surface area contributed by atoms with Crippen molar-refractivity contribution in [2.75, 3.05) is 0 Å². The minimum Gasteiger partial charge on any atom is -0.265 e. The Balaban J connectivity index is 1.33. The summed E-state index contributed by atoms with van der Waals surface area (Å²) >= 11 is 7.33. The zero-order chi connectivity index (χ0) is 21.3. The molecule has 0 aliphatic carbocycles. The molecule has 0 amide bonds. The highest BCUT2D eigenvalue weighted by Gasteiger charge is 2.15. The van der Waals surface area contributed by atoms with Gasteiger partial charge in [0, 0.05) is 55.4 Å². The van der Waals surface area contributed by atoms with Gasteiger partial charge < -0.3 is 0 Å². The van der Waals surface area contributed by atoms with Crippen LogP contribution in [-0.4, -0.2) is 9.97 Å². The molecular weight excluding hydrogens is 469 g/mol. The lowest BCUT2D eigenvalue weighted by Gasteiger charge is -2.02. The topological polar surface area (TPSA) is 25.8 Å². The molecule has 0 atom stereocenters. The van der Waals surface area contributed by atoms with E-state index in [1.54, 1.807) is 22.7 Å². The van der Waals surface area contributed by atoms with Crippen LogP contribution in [0.5, 0.6) is 0 Å². The van der Waals surface area contributed by atoms with Crippen LogP contribution in [0.4, 0.5) is 0 Å². The van der Waals surface area contributed by atoms with E-state index < -0.39 is 0 Å². The predicted octanol–water partition coefficient (Wildman–Crippen LogP) is 9.06. The molecule has 6 aromatic heterocycles. The Morgan fingerprint density at radius 3 is 1.28 bits per heavy atom. The molecule has 2 nitrogen and oxygen atoms in total. The van der Waals surface area contributed by atoms with Gasteiger partial charge in [-0.15, -0.1) is 45.3 Å². The summed E-state index contributed by atoms with van der Waals surface area (Å²) in [5.41, 5.74) is 4.98. The van der Waals surface area contributed by atoms with E-state index >= 15 is 0 Å². The van der Waals surface area contributed by atoms with Crippen molar-refractivity contribution in [3.8, 4) is 51.5 Å². The monoisotopic (exact) mass is 484 g/mol. The van der Waals surface area contributed by atoms with Crippen molar-refractivity contribution in [2.24, 2.45) is 0 Å². The van der Waals surface area contributed by atoms with Crippen LogP contribution in [0.3, 0.4) is 0 Å². The third-order valence-electron chi connectivity index (χ3n) is 5.22. The Labute approximate surface area is 202 Å². The maximum Gasteiger partial charge on any atom is 0.0521 e. The first-order valence-corrected chi connectivity index (χ1v) is 13.4. The normalized spacial score (nSPS) is 11.1. The fourth-order valence-corrected chi connectivity index (χ4v) is 7.93. The van der Waals surface area contributed by atoms with Crippen molar-refractivity contribution in [2.45, 2.75) is 0 Å². The number of hydrogen-bond donors (Lipinski definition) is 0. The van der Waals surface area contributed by atoms with Crippen molar-refractivity contribution in [3.05, 3.63) is 96.2 Å². The molecule has 0 unspecified atom stereocenters.